The molecule has 13 heteroatoms. The van der Waals surface area contributed by atoms with Crippen molar-refractivity contribution >= 4 is 17.7 Å². The van der Waals surface area contributed by atoms with E-state index in [1.165, 1.54) is 11.6 Å². The molecule has 2 aromatic carbocycles. The molecular formula is C27H30F5N3O5. The molecule has 218 valence electrons. The number of halogens is 5. The maximum absolute atomic E-state index is 13.4. The molecule has 3 unspecified atom stereocenters. The average molecular weight is 572 g/mol. The van der Waals surface area contributed by atoms with Gasteiger partial charge in [-0.05, 0) is 69.1 Å². The summed E-state index contributed by atoms with van der Waals surface area (Å²) < 4.78 is 70.1. The highest BCUT2D eigenvalue weighted by Gasteiger charge is 2.50. The molecule has 1 saturated carbocycles. The van der Waals surface area contributed by atoms with E-state index in [0.717, 1.165) is 62.3 Å². The number of anilines is 1. The van der Waals surface area contributed by atoms with Gasteiger partial charge in [-0.1, -0.05) is 6.07 Å². The van der Waals surface area contributed by atoms with Crippen LogP contribution in [0.1, 0.15) is 37.7 Å². The van der Waals surface area contributed by atoms with Gasteiger partial charge >= 0.3 is 18.2 Å². The van der Waals surface area contributed by atoms with Gasteiger partial charge in [0.1, 0.15) is 0 Å². The van der Waals surface area contributed by atoms with Crippen LogP contribution in [-0.4, -0.2) is 67.1 Å². The fourth-order valence-electron chi connectivity index (χ4n) is 5.65. The molecule has 2 aliphatic heterocycles. The summed E-state index contributed by atoms with van der Waals surface area (Å²) >= 11 is 0. The highest BCUT2D eigenvalue weighted by Crippen LogP contribution is 2.50. The molecule has 3 N–H and O–H groups in total. The Kier molecular flexibility index (Phi) is 8.71. The van der Waals surface area contributed by atoms with E-state index >= 15 is 0 Å². The normalized spacial score (nSPS) is 24.1. The number of likely N-dealkylation sites (N-methyl/N-ethyl adjacent to an activating group) is 1. The lowest BCUT2D eigenvalue weighted by atomic mass is 9.65. The van der Waals surface area contributed by atoms with Crippen molar-refractivity contribution in [1.82, 2.24) is 10.2 Å². The third-order valence-electron chi connectivity index (χ3n) is 7.60. The molecule has 0 aromatic heterocycles. The number of carbonyl (C=O) groups excluding carboxylic acids is 1. The number of fused-ring (bicyclic) bond motifs is 2. The second kappa shape index (κ2) is 11.9. The quantitative estimate of drug-likeness (QED) is 0.445. The van der Waals surface area contributed by atoms with Gasteiger partial charge in [0.15, 0.2) is 23.1 Å². The molecule has 8 nitrogen and oxygen atoms in total. The van der Waals surface area contributed by atoms with Gasteiger partial charge < -0.3 is 30.1 Å². The number of amides is 2. The molecule has 1 saturated heterocycles. The Bertz CT molecular complexity index is 1240. The zero-order chi connectivity index (χ0) is 29.1. The van der Waals surface area contributed by atoms with Crippen molar-refractivity contribution in [3.63, 3.8) is 0 Å². The summed E-state index contributed by atoms with van der Waals surface area (Å²) in [5, 5.41) is 12.8. The summed E-state index contributed by atoms with van der Waals surface area (Å²) in [6.45, 7) is 2.32. The van der Waals surface area contributed by atoms with Crippen molar-refractivity contribution in [2.45, 2.75) is 55.8 Å². The Morgan fingerprint density at radius 1 is 1.02 bits per heavy atom. The van der Waals surface area contributed by atoms with Crippen LogP contribution in [0.4, 0.5) is 32.4 Å². The Hall–Kier alpha value is -3.61. The molecule has 2 amide bonds. The summed E-state index contributed by atoms with van der Waals surface area (Å²) in [4.78, 5) is 23.8. The fraction of sp³-hybridized carbons (Fsp3) is 0.481. The summed E-state index contributed by atoms with van der Waals surface area (Å²) in [6.07, 6.45) is -0.556. The molecule has 0 radical (unpaired) electrons. The lowest BCUT2D eigenvalue weighted by Gasteiger charge is -2.45. The van der Waals surface area contributed by atoms with Crippen LogP contribution < -0.4 is 20.1 Å². The smallest absolute Gasteiger partial charge is 0.490 e. The Labute approximate surface area is 227 Å². The van der Waals surface area contributed by atoms with E-state index in [0.29, 0.717) is 13.2 Å². The summed E-state index contributed by atoms with van der Waals surface area (Å²) in [7, 11) is 2.14. The number of carbonyl (C=O) groups is 2. The van der Waals surface area contributed by atoms with Crippen LogP contribution in [0.3, 0.4) is 0 Å². The van der Waals surface area contributed by atoms with Crippen LogP contribution in [0.5, 0.6) is 11.5 Å². The molecule has 2 heterocycles. The Morgan fingerprint density at radius 2 is 1.73 bits per heavy atom. The minimum absolute atomic E-state index is 0.00520. The first kappa shape index (κ1) is 29.4. The van der Waals surface area contributed by atoms with E-state index in [9.17, 15) is 26.7 Å². The van der Waals surface area contributed by atoms with Crippen molar-refractivity contribution in [3.05, 3.63) is 53.6 Å². The first-order chi connectivity index (χ1) is 18.9. The summed E-state index contributed by atoms with van der Waals surface area (Å²) in [6, 6.07) is 9.55. The van der Waals surface area contributed by atoms with Crippen LogP contribution in [0.15, 0.2) is 36.4 Å². The van der Waals surface area contributed by atoms with Gasteiger partial charge in [0.2, 0.25) is 0 Å². The minimum atomic E-state index is -5.08. The van der Waals surface area contributed by atoms with Crippen molar-refractivity contribution in [2.24, 2.45) is 0 Å². The predicted molar refractivity (Wildman–Crippen MR) is 135 cm³/mol. The van der Waals surface area contributed by atoms with Crippen LogP contribution in [-0.2, 0) is 10.2 Å². The van der Waals surface area contributed by atoms with E-state index in [2.05, 4.69) is 34.7 Å². The first-order valence-corrected chi connectivity index (χ1v) is 12.8. The van der Waals surface area contributed by atoms with Gasteiger partial charge in [-0.15, -0.1) is 0 Å². The number of likely N-dealkylation sites (tertiary alicyclic amines) is 1. The number of carboxylic acids is 1. The zero-order valence-corrected chi connectivity index (χ0v) is 21.7. The van der Waals surface area contributed by atoms with Gasteiger partial charge in [0, 0.05) is 35.7 Å². The number of benzene rings is 2. The summed E-state index contributed by atoms with van der Waals surface area (Å²) in [5.41, 5.74) is 1.50. The molecule has 40 heavy (non-hydrogen) atoms. The van der Waals surface area contributed by atoms with E-state index in [1.54, 1.807) is 0 Å². The average Bonchev–Trinajstić information content (AvgIpc) is 3.07. The predicted octanol–water partition coefficient (Wildman–Crippen LogP) is 5.08. The largest absolute Gasteiger partial charge is 0.490 e. The molecular weight excluding hydrogens is 541 g/mol. The maximum atomic E-state index is 13.4. The van der Waals surface area contributed by atoms with Crippen molar-refractivity contribution in [1.29, 1.82) is 0 Å². The summed E-state index contributed by atoms with van der Waals surface area (Å²) in [5.74, 6) is -3.06. The monoisotopic (exact) mass is 571 g/mol. The number of hydrogen-bond donors (Lipinski definition) is 3. The number of rotatable bonds is 3. The number of carboxylic acid groups (broad SMARTS) is 1. The van der Waals surface area contributed by atoms with Gasteiger partial charge in [-0.25, -0.2) is 18.4 Å². The number of nitrogens with one attached hydrogen (secondary N) is 2. The Morgan fingerprint density at radius 3 is 2.40 bits per heavy atom. The zero-order valence-electron chi connectivity index (χ0n) is 21.7. The van der Waals surface area contributed by atoms with Gasteiger partial charge in [-0.3, -0.25) is 0 Å². The SMILES string of the molecule is CN1CCC2(c3ccc4c(c3)OCCCO4)CCC(NC(=O)Nc3ccc(F)c(F)c3)CC12.O=C(O)C(F)(F)F. The van der Waals surface area contributed by atoms with E-state index in [1.807, 2.05) is 6.07 Å². The molecule has 5 rings (SSSR count). The molecule has 3 atom stereocenters. The van der Waals surface area contributed by atoms with Crippen LogP contribution in [0.25, 0.3) is 0 Å². The lowest BCUT2D eigenvalue weighted by molar-refractivity contribution is -0.192. The highest BCUT2D eigenvalue weighted by molar-refractivity contribution is 5.89. The minimum Gasteiger partial charge on any atom is -0.490 e. The van der Waals surface area contributed by atoms with Gasteiger partial charge in [0.05, 0.1) is 13.2 Å². The number of aliphatic carboxylic acids is 1. The number of urea groups is 1. The molecule has 2 aromatic rings. The Balaban J connectivity index is 0.000000470. The van der Waals surface area contributed by atoms with Crippen LogP contribution >= 0.6 is 0 Å². The van der Waals surface area contributed by atoms with Crippen LogP contribution in [0, 0.1) is 11.6 Å². The first-order valence-electron chi connectivity index (χ1n) is 12.8. The van der Waals surface area contributed by atoms with E-state index in [4.69, 9.17) is 19.4 Å². The molecule has 3 aliphatic rings. The molecule has 0 bridgehead atoms. The third-order valence-corrected chi connectivity index (χ3v) is 7.60. The molecule has 0 spiro atoms. The topological polar surface area (TPSA) is 100 Å². The second-order valence-electron chi connectivity index (χ2n) is 10.1. The maximum Gasteiger partial charge on any atom is 0.490 e. The highest BCUT2D eigenvalue weighted by atomic mass is 19.4. The van der Waals surface area contributed by atoms with Crippen LogP contribution in [0.2, 0.25) is 0 Å². The third kappa shape index (κ3) is 6.57. The van der Waals surface area contributed by atoms with Crippen molar-refractivity contribution < 1.29 is 46.1 Å². The fourth-order valence-corrected chi connectivity index (χ4v) is 5.65. The number of hydrogen-bond acceptors (Lipinski definition) is 5. The second-order valence-corrected chi connectivity index (χ2v) is 10.1. The van der Waals surface area contributed by atoms with Crippen molar-refractivity contribution in [3.8, 4) is 11.5 Å². The van der Waals surface area contributed by atoms with Gasteiger partial charge in [-0.2, -0.15) is 13.2 Å². The van der Waals surface area contributed by atoms with E-state index < -0.39 is 29.8 Å². The van der Waals surface area contributed by atoms with Crippen molar-refractivity contribution in [2.75, 3.05) is 32.1 Å². The number of ether oxygens (including phenoxy) is 2. The van der Waals surface area contributed by atoms with Gasteiger partial charge in [0.25, 0.3) is 0 Å². The number of alkyl halides is 3. The standard InChI is InChI=1S/C25H29F2N3O3.C2HF3O2/c1-30-10-9-25(16-3-6-21-22(13-16)33-12-2-11-32-21)8-7-18(15-23(25)30)29-24(31)28-17-4-5-19(26)20(27)14-17;3-2(4,5)1(6)7/h3-6,13-14,18,23H,2,7-12,15H2,1H3,(H2,28,29,31);(H,6,7). The van der Waals surface area contributed by atoms with E-state index in [-0.39, 0.29) is 23.2 Å². The molecule has 1 aliphatic carbocycles. The molecule has 2 fully saturated rings. The lowest BCUT2D eigenvalue weighted by Crippen LogP contribution is -2.52. The number of nitrogens with zero attached hydrogens (tertiary/aromatic N) is 1.